The number of rotatable bonds is 2. The molecule has 113 valence electrons. The molecule has 0 unspecified atom stereocenters. The fourth-order valence-electron chi connectivity index (χ4n) is 1.16. The molecule has 0 saturated heterocycles. The number of hydrogen-bond acceptors (Lipinski definition) is 0. The van der Waals surface area contributed by atoms with Crippen molar-refractivity contribution in [1.29, 1.82) is 0 Å². The maximum absolute atomic E-state index is 12.9. The molecule has 0 fully saturated rings. The third kappa shape index (κ3) is 2.68. The molecule has 0 bridgehead atoms. The predicted molar refractivity (Wildman–Crippen MR) is 45.2 cm³/mol. The van der Waals surface area contributed by atoms with Crippen LogP contribution in [0.1, 0.15) is 11.1 Å². The lowest BCUT2D eigenvalue weighted by Crippen LogP contribution is -2.36. The van der Waals surface area contributed by atoms with Crippen LogP contribution in [0.15, 0.2) is 18.2 Å². The summed E-state index contributed by atoms with van der Waals surface area (Å²) in [6, 6.07) is 0.942. The van der Waals surface area contributed by atoms with Crippen LogP contribution in [0.5, 0.6) is 0 Å². The molecule has 1 rings (SSSR count). The molecule has 0 aliphatic carbocycles. The third-order valence-electron chi connectivity index (χ3n) is 2.21. The first kappa shape index (κ1) is 16.6. The van der Waals surface area contributed by atoms with Crippen molar-refractivity contribution in [3.05, 3.63) is 35.4 Å². The summed E-state index contributed by atoms with van der Waals surface area (Å²) in [4.78, 5) is 0. The van der Waals surface area contributed by atoms with Gasteiger partial charge >= 0.3 is 24.2 Å². The highest BCUT2D eigenvalue weighted by atomic mass is 19.4. The van der Waals surface area contributed by atoms with Crippen LogP contribution in [0.25, 0.3) is 0 Å². The first-order chi connectivity index (χ1) is 8.71. The van der Waals surface area contributed by atoms with Gasteiger partial charge < -0.3 is 0 Å². The predicted octanol–water partition coefficient (Wildman–Crippen LogP) is 4.79. The van der Waals surface area contributed by atoms with E-state index in [2.05, 4.69) is 0 Å². The van der Waals surface area contributed by atoms with Crippen molar-refractivity contribution in [1.82, 2.24) is 0 Å². The Morgan fingerprint density at radius 2 is 1.15 bits per heavy atom. The second-order valence-electron chi connectivity index (χ2n) is 3.64. The zero-order chi connectivity index (χ0) is 16.0. The molecular weight excluding hydrogens is 310 g/mol. The van der Waals surface area contributed by atoms with Crippen molar-refractivity contribution in [2.75, 3.05) is 0 Å². The zero-order valence-corrected chi connectivity index (χ0v) is 9.01. The summed E-state index contributed by atoms with van der Waals surface area (Å²) in [5, 5.41) is 0. The van der Waals surface area contributed by atoms with E-state index in [1.807, 2.05) is 0 Å². The maximum Gasteiger partial charge on any atom is 0.458 e. The van der Waals surface area contributed by atoms with Crippen LogP contribution >= 0.6 is 0 Å². The molecule has 0 spiro atoms. The Labute approximate surface area is 105 Å². The molecule has 1 radical (unpaired) electrons. The van der Waals surface area contributed by atoms with Gasteiger partial charge in [0.05, 0.1) is 0 Å². The largest absolute Gasteiger partial charge is 0.458 e. The van der Waals surface area contributed by atoms with Gasteiger partial charge in [-0.05, 0) is 12.1 Å². The Morgan fingerprint density at radius 3 is 1.55 bits per heavy atom. The molecule has 0 heterocycles. The van der Waals surface area contributed by atoms with Crippen molar-refractivity contribution in [2.45, 2.75) is 24.2 Å². The van der Waals surface area contributed by atoms with Crippen molar-refractivity contribution in [2.24, 2.45) is 0 Å². The highest BCUT2D eigenvalue weighted by Gasteiger charge is 2.61. The number of alkyl halides is 10. The first-order valence-corrected chi connectivity index (χ1v) is 4.63. The normalized spacial score (nSPS) is 14.5. The van der Waals surface area contributed by atoms with Gasteiger partial charge in [0.15, 0.2) is 0 Å². The Kier molecular flexibility index (Phi) is 3.75. The van der Waals surface area contributed by atoms with E-state index in [0.717, 1.165) is 0 Å². The van der Waals surface area contributed by atoms with Gasteiger partial charge in [-0.1, -0.05) is 12.1 Å². The van der Waals surface area contributed by atoms with Crippen molar-refractivity contribution in [3.8, 4) is 0 Å². The molecule has 0 saturated carbocycles. The summed E-state index contributed by atoms with van der Waals surface area (Å²) in [5.74, 6) is -11.1. The standard InChI is InChI=1S/C10H3F10/c11-7(12,9(15,16)17)5-2-1-3-6(4-5)8(13,14)10(18,19)20/h1-2,4H. The van der Waals surface area contributed by atoms with E-state index in [-0.39, 0.29) is 12.1 Å². The number of benzene rings is 1. The maximum atomic E-state index is 12.9. The van der Waals surface area contributed by atoms with Crippen LogP contribution in [0.3, 0.4) is 0 Å². The van der Waals surface area contributed by atoms with Gasteiger partial charge in [-0.2, -0.15) is 43.9 Å². The number of hydrogen-bond donors (Lipinski definition) is 0. The summed E-state index contributed by atoms with van der Waals surface area (Å²) < 4.78 is 123. The molecule has 0 aliphatic rings. The third-order valence-corrected chi connectivity index (χ3v) is 2.21. The van der Waals surface area contributed by atoms with E-state index in [1.165, 1.54) is 6.07 Å². The van der Waals surface area contributed by atoms with E-state index < -0.39 is 41.4 Å². The molecule has 0 amide bonds. The van der Waals surface area contributed by atoms with Crippen LogP contribution in [0.2, 0.25) is 0 Å². The molecule has 10 heteroatoms. The fraction of sp³-hybridized carbons (Fsp3) is 0.400. The molecule has 1 aromatic rings. The van der Waals surface area contributed by atoms with Crippen molar-refractivity contribution < 1.29 is 43.9 Å². The second kappa shape index (κ2) is 4.52. The van der Waals surface area contributed by atoms with Gasteiger partial charge in [-0.15, -0.1) is 0 Å². The lowest BCUT2D eigenvalue weighted by atomic mass is 10.0. The van der Waals surface area contributed by atoms with E-state index in [1.54, 1.807) is 0 Å². The second-order valence-corrected chi connectivity index (χ2v) is 3.64. The van der Waals surface area contributed by atoms with E-state index in [4.69, 9.17) is 0 Å². The van der Waals surface area contributed by atoms with Gasteiger partial charge in [0.25, 0.3) is 0 Å². The van der Waals surface area contributed by atoms with Crippen LogP contribution in [0, 0.1) is 6.07 Å². The fourth-order valence-corrected chi connectivity index (χ4v) is 1.16. The summed E-state index contributed by atoms with van der Waals surface area (Å²) in [6.07, 6.45) is -12.3. The lowest BCUT2D eigenvalue weighted by molar-refractivity contribution is -0.292. The average Bonchev–Trinajstić information content (AvgIpc) is 2.26. The SMILES string of the molecule is FC(F)(F)C(F)(F)c1[c]ccc(C(F)(F)C(F)(F)F)c1. The minimum absolute atomic E-state index is 0.0590. The molecular formula is C10H3F10. The lowest BCUT2D eigenvalue weighted by Gasteiger charge is -2.23. The Morgan fingerprint density at radius 1 is 0.700 bits per heavy atom. The van der Waals surface area contributed by atoms with Gasteiger partial charge in [0.2, 0.25) is 0 Å². The Balaban J connectivity index is 3.36. The van der Waals surface area contributed by atoms with Crippen LogP contribution < -0.4 is 0 Å². The molecule has 0 nitrogen and oxygen atoms in total. The van der Waals surface area contributed by atoms with Gasteiger partial charge in [0, 0.05) is 11.1 Å². The molecule has 1 aromatic carbocycles. The number of halogens is 10. The highest BCUT2D eigenvalue weighted by molar-refractivity contribution is 5.30. The van der Waals surface area contributed by atoms with E-state index in [9.17, 15) is 43.9 Å². The highest BCUT2D eigenvalue weighted by Crippen LogP contribution is 2.47. The average molecular weight is 313 g/mol. The summed E-state index contributed by atoms with van der Waals surface area (Å²) in [7, 11) is 0. The first-order valence-electron chi connectivity index (χ1n) is 4.63. The molecule has 20 heavy (non-hydrogen) atoms. The topological polar surface area (TPSA) is 0 Å². The van der Waals surface area contributed by atoms with Crippen molar-refractivity contribution in [3.63, 3.8) is 0 Å². The smallest absolute Gasteiger partial charge is 0.191 e. The van der Waals surface area contributed by atoms with Crippen molar-refractivity contribution >= 4 is 0 Å². The van der Waals surface area contributed by atoms with E-state index in [0.29, 0.717) is 0 Å². The molecule has 0 atom stereocenters. The van der Waals surface area contributed by atoms with Crippen LogP contribution in [-0.2, 0) is 11.8 Å². The molecule has 0 aliphatic heterocycles. The van der Waals surface area contributed by atoms with Gasteiger partial charge in [0.1, 0.15) is 0 Å². The Hall–Kier alpha value is -1.48. The molecule has 0 aromatic heterocycles. The minimum Gasteiger partial charge on any atom is -0.191 e. The summed E-state index contributed by atoms with van der Waals surface area (Å²) in [6.45, 7) is 0. The molecule has 0 N–H and O–H groups in total. The zero-order valence-electron chi connectivity index (χ0n) is 9.01. The summed E-state index contributed by atoms with van der Waals surface area (Å²) in [5.41, 5.74) is -4.14. The van der Waals surface area contributed by atoms with E-state index >= 15 is 0 Å². The Bertz CT molecular complexity index is 440. The van der Waals surface area contributed by atoms with Gasteiger partial charge in [-0.3, -0.25) is 0 Å². The van der Waals surface area contributed by atoms with Crippen LogP contribution in [0.4, 0.5) is 43.9 Å². The summed E-state index contributed by atoms with van der Waals surface area (Å²) >= 11 is 0. The quantitative estimate of drug-likeness (QED) is 0.688. The minimum atomic E-state index is -6.14. The monoisotopic (exact) mass is 313 g/mol. The van der Waals surface area contributed by atoms with Crippen LogP contribution in [-0.4, -0.2) is 12.4 Å². The van der Waals surface area contributed by atoms with Gasteiger partial charge in [-0.25, -0.2) is 0 Å².